The number of hydrogen-bond acceptors (Lipinski definition) is 4. The first kappa shape index (κ1) is 16.1. The van der Waals surface area contributed by atoms with Crippen LogP contribution in [0, 0.1) is 5.82 Å². The molecule has 5 nitrogen and oxygen atoms in total. The molecular formula is C18H18FN3O2S. The normalized spacial score (nSPS) is 15.6. The molecule has 0 amide bonds. The fourth-order valence-corrected chi connectivity index (χ4v) is 4.78. The second-order valence-corrected chi connectivity index (χ2v) is 7.91. The van der Waals surface area contributed by atoms with Gasteiger partial charge in [0.2, 0.25) is 9.84 Å². The Hall–Kier alpha value is -2.38. The van der Waals surface area contributed by atoms with E-state index in [1.54, 1.807) is 6.07 Å². The minimum atomic E-state index is -3.94. The molecule has 1 saturated heterocycles. The first-order valence-electron chi connectivity index (χ1n) is 8.14. The molecule has 25 heavy (non-hydrogen) atoms. The lowest BCUT2D eigenvalue weighted by Gasteiger charge is -2.29. The molecule has 130 valence electrons. The van der Waals surface area contributed by atoms with Crippen molar-refractivity contribution in [3.05, 3.63) is 54.5 Å². The van der Waals surface area contributed by atoms with E-state index in [1.165, 1.54) is 24.4 Å². The van der Waals surface area contributed by atoms with Gasteiger partial charge in [-0.3, -0.25) is 0 Å². The summed E-state index contributed by atoms with van der Waals surface area (Å²) in [5.41, 5.74) is 1.73. The molecule has 2 N–H and O–H groups in total. The van der Waals surface area contributed by atoms with Crippen LogP contribution in [0.15, 0.2) is 58.5 Å². The summed E-state index contributed by atoms with van der Waals surface area (Å²) in [7, 11) is -3.94. The minimum Gasteiger partial charge on any atom is -0.367 e. The molecule has 0 unspecified atom stereocenters. The first-order chi connectivity index (χ1) is 12.1. The number of rotatable bonds is 3. The Morgan fingerprint density at radius 2 is 1.72 bits per heavy atom. The van der Waals surface area contributed by atoms with Crippen LogP contribution in [0.2, 0.25) is 0 Å². The SMILES string of the molecule is O=S(=O)(c1ccccc1F)c1c[nH]c2c(N3CCNCC3)cccc12. The van der Waals surface area contributed by atoms with Gasteiger partial charge in [-0.2, -0.15) is 0 Å². The van der Waals surface area contributed by atoms with Gasteiger partial charge < -0.3 is 15.2 Å². The van der Waals surface area contributed by atoms with E-state index in [0.29, 0.717) is 5.39 Å². The molecule has 0 atom stereocenters. The number of fused-ring (bicyclic) bond motifs is 1. The zero-order valence-electron chi connectivity index (χ0n) is 13.5. The van der Waals surface area contributed by atoms with Gasteiger partial charge >= 0.3 is 0 Å². The number of nitrogens with one attached hydrogen (secondary N) is 2. The van der Waals surface area contributed by atoms with Crippen LogP contribution in [0.25, 0.3) is 10.9 Å². The van der Waals surface area contributed by atoms with Crippen molar-refractivity contribution in [1.29, 1.82) is 0 Å². The third kappa shape index (κ3) is 2.69. The lowest BCUT2D eigenvalue weighted by atomic mass is 10.2. The fourth-order valence-electron chi connectivity index (χ4n) is 3.29. The van der Waals surface area contributed by atoms with Crippen molar-refractivity contribution in [2.45, 2.75) is 9.79 Å². The number of halogens is 1. The third-order valence-corrected chi connectivity index (χ3v) is 6.36. The summed E-state index contributed by atoms with van der Waals surface area (Å²) >= 11 is 0. The number of aromatic nitrogens is 1. The number of benzene rings is 2. The van der Waals surface area contributed by atoms with Crippen molar-refractivity contribution in [1.82, 2.24) is 10.3 Å². The van der Waals surface area contributed by atoms with E-state index in [0.717, 1.165) is 43.4 Å². The molecule has 4 rings (SSSR count). The zero-order chi connectivity index (χ0) is 17.4. The van der Waals surface area contributed by atoms with E-state index in [2.05, 4.69) is 15.2 Å². The van der Waals surface area contributed by atoms with Crippen molar-refractivity contribution >= 4 is 26.4 Å². The van der Waals surface area contributed by atoms with Gasteiger partial charge in [0.25, 0.3) is 0 Å². The molecular weight excluding hydrogens is 341 g/mol. The molecule has 7 heteroatoms. The average Bonchev–Trinajstić information content (AvgIpc) is 3.07. The zero-order valence-corrected chi connectivity index (χ0v) is 14.3. The smallest absolute Gasteiger partial charge is 0.211 e. The highest BCUT2D eigenvalue weighted by molar-refractivity contribution is 7.91. The highest BCUT2D eigenvalue weighted by Crippen LogP contribution is 2.34. The molecule has 0 saturated carbocycles. The van der Waals surface area contributed by atoms with Crippen LogP contribution in [0.3, 0.4) is 0 Å². The molecule has 0 aliphatic carbocycles. The van der Waals surface area contributed by atoms with Gasteiger partial charge in [0, 0.05) is 37.8 Å². The lowest BCUT2D eigenvalue weighted by molar-refractivity contribution is 0.567. The van der Waals surface area contributed by atoms with Crippen LogP contribution >= 0.6 is 0 Å². The third-order valence-electron chi connectivity index (χ3n) is 4.53. The van der Waals surface area contributed by atoms with Crippen LogP contribution in [-0.4, -0.2) is 39.6 Å². The van der Waals surface area contributed by atoms with Gasteiger partial charge in [0.1, 0.15) is 10.7 Å². The van der Waals surface area contributed by atoms with Crippen LogP contribution in [0.1, 0.15) is 0 Å². The highest BCUT2D eigenvalue weighted by Gasteiger charge is 2.26. The van der Waals surface area contributed by atoms with Crippen LogP contribution < -0.4 is 10.2 Å². The quantitative estimate of drug-likeness (QED) is 0.754. The van der Waals surface area contributed by atoms with Gasteiger partial charge in [0.05, 0.1) is 16.1 Å². The Morgan fingerprint density at radius 1 is 0.960 bits per heavy atom. The first-order valence-corrected chi connectivity index (χ1v) is 9.63. The molecule has 0 radical (unpaired) electrons. The number of piperazine rings is 1. The summed E-state index contributed by atoms with van der Waals surface area (Å²) in [5, 5.41) is 3.88. The maximum atomic E-state index is 14.0. The molecule has 3 aromatic rings. The van der Waals surface area contributed by atoms with Crippen molar-refractivity contribution in [3.8, 4) is 0 Å². The number of hydrogen-bond donors (Lipinski definition) is 2. The molecule has 1 aliphatic rings. The number of anilines is 1. The van der Waals surface area contributed by atoms with Gasteiger partial charge in [-0.25, -0.2) is 12.8 Å². The number of para-hydroxylation sites is 1. The Bertz CT molecular complexity index is 1020. The second-order valence-electron chi connectivity index (χ2n) is 6.02. The van der Waals surface area contributed by atoms with E-state index in [4.69, 9.17) is 0 Å². The predicted octanol–water partition coefficient (Wildman–Crippen LogP) is 2.55. The predicted molar refractivity (Wildman–Crippen MR) is 95.2 cm³/mol. The van der Waals surface area contributed by atoms with Gasteiger partial charge in [-0.05, 0) is 18.2 Å². The summed E-state index contributed by atoms with van der Waals surface area (Å²) in [5.74, 6) is -0.741. The maximum absolute atomic E-state index is 14.0. The fraction of sp³-hybridized carbons (Fsp3) is 0.222. The van der Waals surface area contributed by atoms with Crippen molar-refractivity contribution < 1.29 is 12.8 Å². The number of H-pyrrole nitrogens is 1. The highest BCUT2D eigenvalue weighted by atomic mass is 32.2. The molecule has 2 aromatic carbocycles. The summed E-state index contributed by atoms with van der Waals surface area (Å²) in [4.78, 5) is 5.10. The molecule has 0 bridgehead atoms. The van der Waals surface area contributed by atoms with Gasteiger partial charge in [0.15, 0.2) is 0 Å². The van der Waals surface area contributed by atoms with E-state index >= 15 is 0 Å². The Balaban J connectivity index is 1.86. The summed E-state index contributed by atoms with van der Waals surface area (Å²) < 4.78 is 39.9. The lowest BCUT2D eigenvalue weighted by Crippen LogP contribution is -2.43. The van der Waals surface area contributed by atoms with Crippen LogP contribution in [-0.2, 0) is 9.84 Å². The van der Waals surface area contributed by atoms with Crippen LogP contribution in [0.4, 0.5) is 10.1 Å². The van der Waals surface area contributed by atoms with Crippen molar-refractivity contribution in [3.63, 3.8) is 0 Å². The Kier molecular flexibility index (Phi) is 3.97. The van der Waals surface area contributed by atoms with Crippen molar-refractivity contribution in [2.24, 2.45) is 0 Å². The summed E-state index contributed by atoms with van der Waals surface area (Å²) in [6.07, 6.45) is 1.46. The molecule has 0 spiro atoms. The van der Waals surface area contributed by atoms with Gasteiger partial charge in [-0.15, -0.1) is 0 Å². The largest absolute Gasteiger partial charge is 0.367 e. The molecule has 2 heterocycles. The van der Waals surface area contributed by atoms with Crippen LogP contribution in [0.5, 0.6) is 0 Å². The van der Waals surface area contributed by atoms with E-state index in [-0.39, 0.29) is 9.79 Å². The van der Waals surface area contributed by atoms with E-state index < -0.39 is 15.7 Å². The Morgan fingerprint density at radius 3 is 2.48 bits per heavy atom. The summed E-state index contributed by atoms with van der Waals surface area (Å²) in [6.45, 7) is 3.48. The topological polar surface area (TPSA) is 65.2 Å². The molecule has 1 aliphatic heterocycles. The number of sulfone groups is 1. The maximum Gasteiger partial charge on any atom is 0.211 e. The number of nitrogens with zero attached hydrogens (tertiary/aromatic N) is 1. The minimum absolute atomic E-state index is 0.101. The second kappa shape index (κ2) is 6.16. The molecule has 1 aromatic heterocycles. The van der Waals surface area contributed by atoms with Gasteiger partial charge in [-0.1, -0.05) is 24.3 Å². The van der Waals surface area contributed by atoms with E-state index in [1.807, 2.05) is 12.1 Å². The average molecular weight is 359 g/mol. The van der Waals surface area contributed by atoms with E-state index in [9.17, 15) is 12.8 Å². The monoisotopic (exact) mass is 359 g/mol. The number of aromatic amines is 1. The van der Waals surface area contributed by atoms with Crippen molar-refractivity contribution in [2.75, 3.05) is 31.1 Å². The Labute approximate surface area is 145 Å². The molecule has 1 fully saturated rings. The standard InChI is InChI=1S/C18H18FN3O2S/c19-14-5-1-2-7-16(14)25(23,24)17-12-21-18-13(17)4-3-6-15(18)22-10-8-20-9-11-22/h1-7,12,20-21H,8-11H2. The summed E-state index contributed by atoms with van der Waals surface area (Å²) in [6, 6.07) is 11.0.